The summed E-state index contributed by atoms with van der Waals surface area (Å²) < 4.78 is 30.6. The van der Waals surface area contributed by atoms with E-state index in [1.165, 1.54) is 17.1 Å². The summed E-state index contributed by atoms with van der Waals surface area (Å²) in [7, 11) is -1.86. The maximum Gasteiger partial charge on any atom is 0.235 e. The van der Waals surface area contributed by atoms with E-state index in [0.29, 0.717) is 6.42 Å². The van der Waals surface area contributed by atoms with Gasteiger partial charge in [-0.3, -0.25) is 4.79 Å². The third-order valence-corrected chi connectivity index (χ3v) is 6.04. The fourth-order valence-electron chi connectivity index (χ4n) is 3.30. The molecule has 1 N–H and O–H groups in total. The predicted octanol–water partition coefficient (Wildman–Crippen LogP) is 2.34. The van der Waals surface area contributed by atoms with E-state index in [0.717, 1.165) is 43.3 Å². The summed E-state index contributed by atoms with van der Waals surface area (Å²) in [6.07, 6.45) is 8.30. The van der Waals surface area contributed by atoms with Crippen LogP contribution in [0.15, 0.2) is 24.3 Å². The zero-order valence-corrected chi connectivity index (χ0v) is 16.6. The molecule has 6 nitrogen and oxygen atoms in total. The normalized spacial score (nSPS) is 16.3. The van der Waals surface area contributed by atoms with Gasteiger partial charge in [-0.1, -0.05) is 37.8 Å². The van der Waals surface area contributed by atoms with Crippen molar-refractivity contribution in [1.29, 1.82) is 0 Å². The average molecular weight is 383 g/mol. The summed E-state index contributed by atoms with van der Waals surface area (Å²) in [6.45, 7) is 0.142. The Balaban J connectivity index is 1.92. The number of hydrogen-bond donors (Lipinski definition) is 1. The van der Waals surface area contributed by atoms with Gasteiger partial charge in [0.1, 0.15) is 5.75 Å². The lowest BCUT2D eigenvalue weighted by atomic mass is 10.1. The zero-order chi connectivity index (χ0) is 19.0. The highest BCUT2D eigenvalue weighted by Gasteiger charge is 2.22. The van der Waals surface area contributed by atoms with Gasteiger partial charge in [0.2, 0.25) is 15.9 Å². The summed E-state index contributed by atoms with van der Waals surface area (Å²) in [5.41, 5.74) is 0.974. The van der Waals surface area contributed by atoms with Gasteiger partial charge in [0.15, 0.2) is 0 Å². The van der Waals surface area contributed by atoms with Crippen LogP contribution in [0.2, 0.25) is 0 Å². The van der Waals surface area contributed by atoms with Crippen molar-refractivity contribution in [3.05, 3.63) is 29.8 Å². The van der Waals surface area contributed by atoms with Crippen LogP contribution in [0, 0.1) is 0 Å². The van der Waals surface area contributed by atoms with Crippen LogP contribution in [-0.2, 0) is 21.2 Å². The Morgan fingerprint density at radius 2 is 1.92 bits per heavy atom. The van der Waals surface area contributed by atoms with Crippen LogP contribution >= 0.6 is 0 Å². The summed E-state index contributed by atoms with van der Waals surface area (Å²) in [5.74, 6) is 0.521. The molecule has 0 unspecified atom stereocenters. The fourth-order valence-corrected chi connectivity index (χ4v) is 4.08. The molecule has 1 fully saturated rings. The van der Waals surface area contributed by atoms with E-state index in [-0.39, 0.29) is 25.0 Å². The summed E-state index contributed by atoms with van der Waals surface area (Å²) in [6, 6.07) is 7.70. The van der Waals surface area contributed by atoms with Crippen molar-refractivity contribution in [2.75, 3.05) is 26.5 Å². The lowest BCUT2D eigenvalue weighted by molar-refractivity contribution is -0.122. The zero-order valence-electron chi connectivity index (χ0n) is 15.7. The van der Waals surface area contributed by atoms with Crippen LogP contribution in [0.25, 0.3) is 0 Å². The van der Waals surface area contributed by atoms with Crippen LogP contribution in [-0.4, -0.2) is 51.1 Å². The van der Waals surface area contributed by atoms with Crippen LogP contribution in [0.1, 0.15) is 44.1 Å². The van der Waals surface area contributed by atoms with Gasteiger partial charge in [0.25, 0.3) is 0 Å². The molecular weight excluding hydrogens is 352 g/mol. The maximum absolute atomic E-state index is 12.4. The SMILES string of the molecule is COc1cccc(CCN(CC(=O)NC2CCCCCC2)S(C)(=O)=O)c1. The largest absolute Gasteiger partial charge is 0.497 e. The third-order valence-electron chi connectivity index (χ3n) is 4.79. The summed E-state index contributed by atoms with van der Waals surface area (Å²) in [5, 5.41) is 3.01. The molecule has 1 aliphatic carbocycles. The van der Waals surface area contributed by atoms with E-state index < -0.39 is 10.0 Å². The van der Waals surface area contributed by atoms with Crippen LogP contribution in [0.5, 0.6) is 5.75 Å². The van der Waals surface area contributed by atoms with Crippen LogP contribution in [0.3, 0.4) is 0 Å². The quantitative estimate of drug-likeness (QED) is 0.700. The topological polar surface area (TPSA) is 75.7 Å². The molecule has 0 saturated heterocycles. The van der Waals surface area contributed by atoms with E-state index in [1.54, 1.807) is 7.11 Å². The first-order valence-electron chi connectivity index (χ1n) is 9.26. The molecule has 0 radical (unpaired) electrons. The van der Waals surface area contributed by atoms with Crippen molar-refractivity contribution in [2.45, 2.75) is 51.0 Å². The van der Waals surface area contributed by atoms with Gasteiger partial charge in [0.05, 0.1) is 19.9 Å². The predicted molar refractivity (Wildman–Crippen MR) is 103 cm³/mol. The Kier molecular flexibility index (Phi) is 7.90. The van der Waals surface area contributed by atoms with Gasteiger partial charge in [-0.05, 0) is 37.0 Å². The first-order chi connectivity index (χ1) is 12.4. The number of ether oxygens (including phenoxy) is 1. The van der Waals surface area contributed by atoms with Gasteiger partial charge in [-0.15, -0.1) is 0 Å². The molecule has 1 aromatic rings. The Labute approximate surface area is 157 Å². The Morgan fingerprint density at radius 1 is 1.23 bits per heavy atom. The minimum Gasteiger partial charge on any atom is -0.497 e. The van der Waals surface area contributed by atoms with Crippen molar-refractivity contribution in [3.63, 3.8) is 0 Å². The van der Waals surface area contributed by atoms with Crippen molar-refractivity contribution < 1.29 is 17.9 Å². The lowest BCUT2D eigenvalue weighted by Crippen LogP contribution is -2.44. The number of amides is 1. The second-order valence-corrected chi connectivity index (χ2v) is 8.94. The molecule has 0 heterocycles. The maximum atomic E-state index is 12.4. The molecule has 1 saturated carbocycles. The van der Waals surface area contributed by atoms with Gasteiger partial charge in [-0.2, -0.15) is 4.31 Å². The third kappa shape index (κ3) is 6.96. The number of methoxy groups -OCH3 is 1. The van der Waals surface area contributed by atoms with E-state index in [9.17, 15) is 13.2 Å². The smallest absolute Gasteiger partial charge is 0.235 e. The standard InChI is InChI=1S/C19H30N2O4S/c1-25-18-11-7-8-16(14-18)12-13-21(26(2,23)24)15-19(22)20-17-9-5-3-4-6-10-17/h7-8,11,14,17H,3-6,9-10,12-13,15H2,1-2H3,(H,20,22). The minimum absolute atomic E-state index is 0.126. The number of rotatable bonds is 8. The van der Waals surface area contributed by atoms with Crippen molar-refractivity contribution in [2.24, 2.45) is 0 Å². The highest BCUT2D eigenvalue weighted by Crippen LogP contribution is 2.17. The molecule has 26 heavy (non-hydrogen) atoms. The van der Waals surface area contributed by atoms with E-state index >= 15 is 0 Å². The molecule has 0 bridgehead atoms. The van der Waals surface area contributed by atoms with Crippen molar-refractivity contribution in [1.82, 2.24) is 9.62 Å². The summed E-state index contributed by atoms with van der Waals surface area (Å²) >= 11 is 0. The summed E-state index contributed by atoms with van der Waals surface area (Å²) in [4.78, 5) is 12.4. The minimum atomic E-state index is -3.45. The van der Waals surface area contributed by atoms with Crippen molar-refractivity contribution in [3.8, 4) is 5.75 Å². The monoisotopic (exact) mass is 382 g/mol. The molecular formula is C19H30N2O4S. The van der Waals surface area contributed by atoms with E-state index in [1.807, 2.05) is 24.3 Å². The van der Waals surface area contributed by atoms with E-state index in [2.05, 4.69) is 5.32 Å². The number of benzene rings is 1. The Morgan fingerprint density at radius 3 is 2.54 bits per heavy atom. The number of nitrogens with one attached hydrogen (secondary N) is 1. The lowest BCUT2D eigenvalue weighted by Gasteiger charge is -2.22. The van der Waals surface area contributed by atoms with Gasteiger partial charge >= 0.3 is 0 Å². The van der Waals surface area contributed by atoms with Gasteiger partial charge < -0.3 is 10.1 Å². The molecule has 1 aliphatic rings. The second-order valence-electron chi connectivity index (χ2n) is 6.95. The molecule has 1 aromatic carbocycles. The Hall–Kier alpha value is -1.60. The molecule has 7 heteroatoms. The number of sulfonamides is 1. The van der Waals surface area contributed by atoms with E-state index in [4.69, 9.17) is 4.74 Å². The molecule has 0 aromatic heterocycles. The number of carbonyl (C=O) groups excluding carboxylic acids is 1. The highest BCUT2D eigenvalue weighted by atomic mass is 32.2. The number of carbonyl (C=O) groups is 1. The highest BCUT2D eigenvalue weighted by molar-refractivity contribution is 7.88. The van der Waals surface area contributed by atoms with Crippen LogP contribution < -0.4 is 10.1 Å². The van der Waals surface area contributed by atoms with Crippen molar-refractivity contribution >= 4 is 15.9 Å². The molecule has 0 atom stereocenters. The molecule has 0 spiro atoms. The van der Waals surface area contributed by atoms with Crippen LogP contribution in [0.4, 0.5) is 0 Å². The molecule has 0 aliphatic heterocycles. The first kappa shape index (κ1) is 20.7. The van der Waals surface area contributed by atoms with Gasteiger partial charge in [0, 0.05) is 12.6 Å². The Bertz CT molecular complexity index is 683. The number of hydrogen-bond acceptors (Lipinski definition) is 4. The molecule has 146 valence electrons. The number of nitrogens with zero attached hydrogens (tertiary/aromatic N) is 1. The molecule has 2 rings (SSSR count). The fraction of sp³-hybridized carbons (Fsp3) is 0.632. The van der Waals surface area contributed by atoms with Gasteiger partial charge in [-0.25, -0.2) is 8.42 Å². The molecule has 1 amide bonds. The average Bonchev–Trinajstić information content (AvgIpc) is 2.86. The first-order valence-corrected chi connectivity index (χ1v) is 11.1. The second kappa shape index (κ2) is 9.92.